The van der Waals surface area contributed by atoms with Gasteiger partial charge >= 0.3 is 5.97 Å². The molecule has 0 spiro atoms. The van der Waals surface area contributed by atoms with Gasteiger partial charge in [-0.05, 0) is 13.8 Å². The van der Waals surface area contributed by atoms with Crippen LogP contribution in [0.4, 0.5) is 0 Å². The molecule has 1 rings (SSSR count). The Bertz CT molecular complexity index is 353. The number of carboxylic acids is 1. The molecule has 1 aromatic rings. The monoisotopic (exact) mass is 197 g/mol. The summed E-state index contributed by atoms with van der Waals surface area (Å²) in [6.45, 7) is 3.61. The van der Waals surface area contributed by atoms with Gasteiger partial charge in [-0.3, -0.25) is 4.79 Å². The zero-order chi connectivity index (χ0) is 10.7. The van der Waals surface area contributed by atoms with Crippen molar-refractivity contribution in [1.29, 1.82) is 0 Å². The van der Waals surface area contributed by atoms with Crippen LogP contribution < -0.4 is 5.32 Å². The third kappa shape index (κ3) is 2.35. The van der Waals surface area contributed by atoms with Crippen LogP contribution in [0.1, 0.15) is 34.8 Å². The Kier molecular flexibility index (Phi) is 2.91. The van der Waals surface area contributed by atoms with Crippen LogP contribution in [-0.4, -0.2) is 23.0 Å². The van der Waals surface area contributed by atoms with Crippen LogP contribution in [0.5, 0.6) is 0 Å². The van der Waals surface area contributed by atoms with Gasteiger partial charge in [0.2, 0.25) is 0 Å². The van der Waals surface area contributed by atoms with Gasteiger partial charge in [0.25, 0.3) is 5.91 Å². The summed E-state index contributed by atoms with van der Waals surface area (Å²) in [6, 6.07) is 1.18. The van der Waals surface area contributed by atoms with Crippen molar-refractivity contribution in [2.24, 2.45) is 0 Å². The first-order valence-corrected chi connectivity index (χ1v) is 4.13. The van der Waals surface area contributed by atoms with Gasteiger partial charge in [-0.15, -0.1) is 0 Å². The molecule has 0 saturated carbocycles. The molecule has 1 heterocycles. The number of hydrogen-bond acceptors (Lipinski definition) is 3. The number of hydrogen-bond donors (Lipinski definition) is 2. The van der Waals surface area contributed by atoms with Crippen LogP contribution in [-0.2, 0) is 0 Å². The van der Waals surface area contributed by atoms with E-state index in [1.54, 1.807) is 13.8 Å². The normalized spacial score (nSPS) is 10.2. The van der Waals surface area contributed by atoms with Crippen molar-refractivity contribution < 1.29 is 19.1 Å². The highest BCUT2D eigenvalue weighted by Gasteiger charge is 2.14. The third-order valence-electron chi connectivity index (χ3n) is 1.49. The van der Waals surface area contributed by atoms with Crippen molar-refractivity contribution in [3.05, 3.63) is 23.7 Å². The lowest BCUT2D eigenvalue weighted by atomic mass is 10.3. The van der Waals surface area contributed by atoms with E-state index in [0.717, 1.165) is 6.26 Å². The van der Waals surface area contributed by atoms with Crippen molar-refractivity contribution >= 4 is 11.9 Å². The highest BCUT2D eigenvalue weighted by molar-refractivity contribution is 5.95. The number of amides is 1. The summed E-state index contributed by atoms with van der Waals surface area (Å²) >= 11 is 0. The molecule has 0 fully saturated rings. The van der Waals surface area contributed by atoms with Gasteiger partial charge in [0, 0.05) is 12.1 Å². The van der Waals surface area contributed by atoms with Crippen molar-refractivity contribution in [1.82, 2.24) is 5.32 Å². The molecule has 1 amide bonds. The van der Waals surface area contributed by atoms with Gasteiger partial charge in [0.05, 0.1) is 5.56 Å². The third-order valence-corrected chi connectivity index (χ3v) is 1.49. The molecule has 1 aromatic heterocycles. The van der Waals surface area contributed by atoms with Crippen molar-refractivity contribution in [3.8, 4) is 0 Å². The SMILES string of the molecule is CC(C)NC(=O)c1cc(C(=O)O)co1. The number of carboxylic acid groups (broad SMARTS) is 1. The molecule has 14 heavy (non-hydrogen) atoms. The Morgan fingerprint density at radius 1 is 1.50 bits per heavy atom. The molecule has 0 radical (unpaired) electrons. The fourth-order valence-corrected chi connectivity index (χ4v) is 0.901. The Hall–Kier alpha value is -1.78. The van der Waals surface area contributed by atoms with E-state index in [9.17, 15) is 9.59 Å². The molecule has 0 aliphatic heterocycles. The second kappa shape index (κ2) is 3.95. The lowest BCUT2D eigenvalue weighted by Crippen LogP contribution is -2.29. The van der Waals surface area contributed by atoms with Crippen LogP contribution in [0.15, 0.2) is 16.7 Å². The molecule has 0 saturated heterocycles. The summed E-state index contributed by atoms with van der Waals surface area (Å²) in [5.74, 6) is -1.51. The lowest BCUT2D eigenvalue weighted by molar-refractivity contribution is 0.0695. The molecule has 0 unspecified atom stereocenters. The molecule has 5 heteroatoms. The smallest absolute Gasteiger partial charge is 0.338 e. The van der Waals surface area contributed by atoms with E-state index in [1.165, 1.54) is 6.07 Å². The van der Waals surface area contributed by atoms with E-state index in [0.29, 0.717) is 0 Å². The number of furan rings is 1. The van der Waals surface area contributed by atoms with E-state index in [1.807, 2.05) is 0 Å². The van der Waals surface area contributed by atoms with Crippen molar-refractivity contribution in [3.63, 3.8) is 0 Å². The van der Waals surface area contributed by atoms with Gasteiger partial charge in [-0.25, -0.2) is 4.79 Å². The first-order chi connectivity index (χ1) is 6.50. The zero-order valence-corrected chi connectivity index (χ0v) is 7.90. The van der Waals surface area contributed by atoms with E-state index in [2.05, 4.69) is 5.32 Å². The molecule has 76 valence electrons. The second-order valence-electron chi connectivity index (χ2n) is 3.13. The quantitative estimate of drug-likeness (QED) is 0.760. The Morgan fingerprint density at radius 3 is 2.57 bits per heavy atom. The summed E-state index contributed by atoms with van der Waals surface area (Å²) in [5.41, 5.74) is -0.0288. The first-order valence-electron chi connectivity index (χ1n) is 4.13. The summed E-state index contributed by atoms with van der Waals surface area (Å²) in [5, 5.41) is 11.2. The highest BCUT2D eigenvalue weighted by atomic mass is 16.4. The average Bonchev–Trinajstić information content (AvgIpc) is 2.50. The minimum absolute atomic E-state index is 0.0103. The van der Waals surface area contributed by atoms with E-state index < -0.39 is 11.9 Å². The van der Waals surface area contributed by atoms with Gasteiger partial charge in [-0.1, -0.05) is 0 Å². The molecular weight excluding hydrogens is 186 g/mol. The molecule has 0 aliphatic carbocycles. The van der Waals surface area contributed by atoms with Gasteiger partial charge < -0.3 is 14.8 Å². The summed E-state index contributed by atoms with van der Waals surface area (Å²) in [7, 11) is 0. The standard InChI is InChI=1S/C9H11NO4/c1-5(2)10-8(11)7-3-6(4-14-7)9(12)13/h3-5H,1-2H3,(H,10,11)(H,12,13). The second-order valence-corrected chi connectivity index (χ2v) is 3.13. The lowest BCUT2D eigenvalue weighted by Gasteiger charge is -2.04. The molecule has 0 bridgehead atoms. The fraction of sp³-hybridized carbons (Fsp3) is 0.333. The number of rotatable bonds is 3. The number of carbonyl (C=O) groups excluding carboxylic acids is 1. The van der Waals surface area contributed by atoms with Crippen LogP contribution in [0.25, 0.3) is 0 Å². The summed E-state index contributed by atoms with van der Waals surface area (Å²) in [4.78, 5) is 21.8. The number of aromatic carboxylic acids is 1. The van der Waals surface area contributed by atoms with Crippen LogP contribution >= 0.6 is 0 Å². The maximum atomic E-state index is 11.3. The van der Waals surface area contributed by atoms with Crippen molar-refractivity contribution in [2.45, 2.75) is 19.9 Å². The maximum Gasteiger partial charge on any atom is 0.338 e. The number of carbonyl (C=O) groups is 2. The van der Waals surface area contributed by atoms with Gasteiger partial charge in [0.15, 0.2) is 5.76 Å². The molecule has 0 aliphatic rings. The predicted octanol–water partition coefficient (Wildman–Crippen LogP) is 1.12. The van der Waals surface area contributed by atoms with E-state index >= 15 is 0 Å². The topological polar surface area (TPSA) is 79.5 Å². The van der Waals surface area contributed by atoms with Crippen LogP contribution in [0, 0.1) is 0 Å². The van der Waals surface area contributed by atoms with Crippen LogP contribution in [0.3, 0.4) is 0 Å². The average molecular weight is 197 g/mol. The molecule has 0 atom stereocenters. The fourth-order valence-electron chi connectivity index (χ4n) is 0.901. The van der Waals surface area contributed by atoms with E-state index in [-0.39, 0.29) is 17.4 Å². The van der Waals surface area contributed by atoms with Crippen molar-refractivity contribution in [2.75, 3.05) is 0 Å². The van der Waals surface area contributed by atoms with Gasteiger partial charge in [0.1, 0.15) is 6.26 Å². The summed E-state index contributed by atoms with van der Waals surface area (Å²) in [6.07, 6.45) is 1.04. The Morgan fingerprint density at radius 2 is 2.14 bits per heavy atom. The largest absolute Gasteiger partial charge is 0.478 e. The minimum Gasteiger partial charge on any atom is -0.478 e. The number of nitrogens with one attached hydrogen (secondary N) is 1. The molecule has 5 nitrogen and oxygen atoms in total. The molecule has 0 aromatic carbocycles. The Balaban J connectivity index is 2.76. The molecule has 2 N–H and O–H groups in total. The highest BCUT2D eigenvalue weighted by Crippen LogP contribution is 2.07. The zero-order valence-electron chi connectivity index (χ0n) is 7.90. The Labute approximate surface area is 80.7 Å². The van der Waals surface area contributed by atoms with E-state index in [4.69, 9.17) is 9.52 Å². The van der Waals surface area contributed by atoms with Gasteiger partial charge in [-0.2, -0.15) is 0 Å². The summed E-state index contributed by atoms with van der Waals surface area (Å²) < 4.78 is 4.80. The maximum absolute atomic E-state index is 11.3. The van der Waals surface area contributed by atoms with Crippen LogP contribution in [0.2, 0.25) is 0 Å². The predicted molar refractivity (Wildman–Crippen MR) is 48.3 cm³/mol. The molecular formula is C9H11NO4. The first kappa shape index (κ1) is 10.3. The minimum atomic E-state index is -1.11.